The van der Waals surface area contributed by atoms with E-state index in [1.54, 1.807) is 6.20 Å². The van der Waals surface area contributed by atoms with Crippen LogP contribution in [0.5, 0.6) is 0 Å². The molecular formula is C13H16N2O3S. The quantitative estimate of drug-likeness (QED) is 0.633. The number of carboxylic acids is 1. The highest BCUT2D eigenvalue weighted by atomic mass is 32.2. The normalized spacial score (nSPS) is 20.2. The van der Waals surface area contributed by atoms with E-state index in [1.807, 2.05) is 4.57 Å². The molecule has 0 atom stereocenters. The molecule has 1 heterocycles. The Morgan fingerprint density at radius 1 is 1.53 bits per heavy atom. The molecule has 102 valence electrons. The van der Waals surface area contributed by atoms with Gasteiger partial charge in [-0.25, -0.2) is 0 Å². The second kappa shape index (κ2) is 4.67. The zero-order valence-electron chi connectivity index (χ0n) is 10.5. The number of nitrogens with zero attached hydrogens (tertiary/aromatic N) is 2. The zero-order chi connectivity index (χ0) is 13.5. The molecule has 0 saturated heterocycles. The van der Waals surface area contributed by atoms with Gasteiger partial charge in [-0.05, 0) is 37.0 Å². The van der Waals surface area contributed by atoms with Gasteiger partial charge in [-0.3, -0.25) is 9.59 Å². The number of hydrogen-bond acceptors (Lipinski definition) is 4. The van der Waals surface area contributed by atoms with E-state index in [4.69, 9.17) is 5.11 Å². The first-order valence-electron chi connectivity index (χ1n) is 6.51. The maximum atomic E-state index is 11.3. The Labute approximate surface area is 115 Å². The van der Waals surface area contributed by atoms with Gasteiger partial charge in [-0.2, -0.15) is 4.98 Å². The second-order valence-corrected chi connectivity index (χ2v) is 6.44. The van der Waals surface area contributed by atoms with Crippen LogP contribution >= 0.6 is 11.8 Å². The lowest BCUT2D eigenvalue weighted by Crippen LogP contribution is -2.20. The molecule has 1 aromatic rings. The van der Waals surface area contributed by atoms with Gasteiger partial charge in [0.15, 0.2) is 5.16 Å². The summed E-state index contributed by atoms with van der Waals surface area (Å²) < 4.78 is 1.96. The summed E-state index contributed by atoms with van der Waals surface area (Å²) in [5.74, 6) is -0.130. The van der Waals surface area contributed by atoms with Crippen LogP contribution in [-0.4, -0.2) is 26.4 Å². The Hall–Kier alpha value is -1.30. The molecule has 5 nitrogen and oxygen atoms in total. The second-order valence-electron chi connectivity index (χ2n) is 5.50. The largest absolute Gasteiger partial charge is 0.481 e. The molecule has 0 aliphatic heterocycles. The summed E-state index contributed by atoms with van der Waals surface area (Å²) >= 11 is 1.12. The van der Waals surface area contributed by atoms with Crippen molar-refractivity contribution in [1.29, 1.82) is 0 Å². The Morgan fingerprint density at radius 3 is 2.84 bits per heavy atom. The molecule has 3 rings (SSSR count). The molecule has 0 bridgehead atoms. The summed E-state index contributed by atoms with van der Waals surface area (Å²) in [6, 6.07) is 1.45. The Kier molecular flexibility index (Phi) is 3.12. The van der Waals surface area contributed by atoms with Gasteiger partial charge in [0.2, 0.25) is 0 Å². The zero-order valence-corrected chi connectivity index (χ0v) is 11.4. The smallest absolute Gasteiger partial charge is 0.313 e. The summed E-state index contributed by atoms with van der Waals surface area (Å²) in [4.78, 5) is 25.9. The summed E-state index contributed by atoms with van der Waals surface area (Å²) in [6.45, 7) is 0.868. The number of thioether (sulfide) groups is 1. The third kappa shape index (κ3) is 2.83. The Balaban J connectivity index is 1.79. The molecule has 2 saturated carbocycles. The van der Waals surface area contributed by atoms with Crippen molar-refractivity contribution in [2.75, 3.05) is 5.75 Å². The molecule has 6 heteroatoms. The molecule has 2 aliphatic carbocycles. The van der Waals surface area contributed by atoms with Crippen LogP contribution in [0.2, 0.25) is 0 Å². The van der Waals surface area contributed by atoms with Crippen molar-refractivity contribution >= 4 is 17.7 Å². The summed E-state index contributed by atoms with van der Waals surface area (Å²) in [6.07, 6.45) is 6.86. The topological polar surface area (TPSA) is 72.2 Å². The van der Waals surface area contributed by atoms with Gasteiger partial charge >= 0.3 is 5.97 Å². The summed E-state index contributed by atoms with van der Waals surface area (Å²) in [7, 11) is 0. The SMILES string of the molecule is O=C(O)CSc1nc(=O)ccn1CC1(C2CC2)CC1. The third-order valence-electron chi connectivity index (χ3n) is 3.99. The van der Waals surface area contributed by atoms with Crippen molar-refractivity contribution in [2.45, 2.75) is 37.4 Å². The molecule has 2 fully saturated rings. The fraction of sp³-hybridized carbons (Fsp3) is 0.615. The number of carbonyl (C=O) groups is 1. The fourth-order valence-electron chi connectivity index (χ4n) is 2.67. The molecule has 2 aliphatic rings. The average Bonchev–Trinajstić information content (AvgIpc) is 3.22. The fourth-order valence-corrected chi connectivity index (χ4v) is 3.36. The summed E-state index contributed by atoms with van der Waals surface area (Å²) in [5.41, 5.74) is 0.0929. The van der Waals surface area contributed by atoms with Gasteiger partial charge in [0.05, 0.1) is 5.75 Å². The predicted octanol–water partition coefficient (Wildman–Crippen LogP) is 1.61. The van der Waals surface area contributed by atoms with E-state index in [-0.39, 0.29) is 11.3 Å². The van der Waals surface area contributed by atoms with Crippen molar-refractivity contribution < 1.29 is 9.90 Å². The van der Waals surface area contributed by atoms with Crippen molar-refractivity contribution in [3.05, 3.63) is 22.6 Å². The minimum Gasteiger partial charge on any atom is -0.481 e. The maximum absolute atomic E-state index is 11.3. The average molecular weight is 280 g/mol. The van der Waals surface area contributed by atoms with Gasteiger partial charge < -0.3 is 9.67 Å². The number of rotatable bonds is 6. The van der Waals surface area contributed by atoms with Crippen LogP contribution in [0.4, 0.5) is 0 Å². The van der Waals surface area contributed by atoms with Gasteiger partial charge in [-0.15, -0.1) is 0 Å². The lowest BCUT2D eigenvalue weighted by Gasteiger charge is -2.18. The molecule has 1 aromatic heterocycles. The van der Waals surface area contributed by atoms with Gasteiger partial charge in [0.25, 0.3) is 5.56 Å². The maximum Gasteiger partial charge on any atom is 0.313 e. The summed E-state index contributed by atoms with van der Waals surface area (Å²) in [5, 5.41) is 9.27. The van der Waals surface area contributed by atoms with Gasteiger partial charge in [0.1, 0.15) is 0 Å². The first-order chi connectivity index (χ1) is 9.09. The van der Waals surface area contributed by atoms with Crippen LogP contribution < -0.4 is 5.56 Å². The number of carboxylic acid groups (broad SMARTS) is 1. The van der Waals surface area contributed by atoms with E-state index >= 15 is 0 Å². The van der Waals surface area contributed by atoms with Crippen LogP contribution in [0, 0.1) is 11.3 Å². The van der Waals surface area contributed by atoms with E-state index < -0.39 is 5.97 Å². The molecule has 0 aromatic carbocycles. The number of aliphatic carboxylic acids is 1. The molecule has 19 heavy (non-hydrogen) atoms. The highest BCUT2D eigenvalue weighted by molar-refractivity contribution is 7.99. The highest BCUT2D eigenvalue weighted by Gasteiger charge is 2.53. The molecule has 1 N–H and O–H groups in total. The van der Waals surface area contributed by atoms with Crippen molar-refractivity contribution in [3.63, 3.8) is 0 Å². The lowest BCUT2D eigenvalue weighted by molar-refractivity contribution is -0.133. The number of aromatic nitrogens is 2. The molecule has 0 radical (unpaired) electrons. The third-order valence-corrected chi connectivity index (χ3v) is 4.97. The Morgan fingerprint density at radius 2 is 2.26 bits per heavy atom. The minimum absolute atomic E-state index is 0.0626. The minimum atomic E-state index is -0.891. The highest BCUT2D eigenvalue weighted by Crippen LogP contribution is 2.62. The Bertz CT molecular complexity index is 561. The van der Waals surface area contributed by atoms with Crippen LogP contribution in [0.25, 0.3) is 0 Å². The van der Waals surface area contributed by atoms with Gasteiger partial charge in [0, 0.05) is 18.8 Å². The molecule has 0 unspecified atom stereocenters. The first kappa shape index (κ1) is 12.7. The van der Waals surface area contributed by atoms with E-state index in [0.29, 0.717) is 10.6 Å². The van der Waals surface area contributed by atoms with Crippen LogP contribution in [-0.2, 0) is 11.3 Å². The van der Waals surface area contributed by atoms with Crippen molar-refractivity contribution in [1.82, 2.24) is 9.55 Å². The molecule has 0 spiro atoms. The van der Waals surface area contributed by atoms with Gasteiger partial charge in [-0.1, -0.05) is 11.8 Å². The van der Waals surface area contributed by atoms with Crippen molar-refractivity contribution in [2.24, 2.45) is 11.3 Å². The predicted molar refractivity (Wildman–Crippen MR) is 71.2 cm³/mol. The van der Waals surface area contributed by atoms with Crippen LogP contribution in [0.3, 0.4) is 0 Å². The van der Waals surface area contributed by atoms with E-state index in [0.717, 1.165) is 24.2 Å². The monoisotopic (exact) mass is 280 g/mol. The molecule has 0 amide bonds. The standard InChI is InChI=1S/C13H16N2O3S/c16-10-3-6-15(12(14-10)19-7-11(17)18)8-13(4-5-13)9-1-2-9/h3,6,9H,1-2,4-5,7-8H2,(H,17,18). The lowest BCUT2D eigenvalue weighted by atomic mass is 10.0. The van der Waals surface area contributed by atoms with Crippen molar-refractivity contribution in [3.8, 4) is 0 Å². The van der Waals surface area contributed by atoms with Crippen LogP contribution in [0.1, 0.15) is 25.7 Å². The van der Waals surface area contributed by atoms with E-state index in [9.17, 15) is 9.59 Å². The van der Waals surface area contributed by atoms with E-state index in [1.165, 1.54) is 31.7 Å². The number of hydrogen-bond donors (Lipinski definition) is 1. The van der Waals surface area contributed by atoms with Crippen LogP contribution in [0.15, 0.2) is 22.2 Å². The first-order valence-corrected chi connectivity index (χ1v) is 7.50. The molecular weight excluding hydrogens is 264 g/mol. The van der Waals surface area contributed by atoms with E-state index in [2.05, 4.69) is 4.98 Å².